The number of carboxylic acid groups (broad SMARTS) is 1. The van der Waals surface area contributed by atoms with E-state index in [0.29, 0.717) is 6.54 Å². The van der Waals surface area contributed by atoms with E-state index in [4.69, 9.17) is 5.11 Å². The summed E-state index contributed by atoms with van der Waals surface area (Å²) in [6.07, 6.45) is 1.77. The molecule has 0 fully saturated rings. The number of carbonyl (C=O) groups is 1. The fourth-order valence-corrected chi connectivity index (χ4v) is 1.76. The van der Waals surface area contributed by atoms with Crippen LogP contribution in [-0.2, 0) is 11.3 Å². The molecule has 1 aromatic heterocycles. The number of halogens is 1. The van der Waals surface area contributed by atoms with Crippen LogP contribution in [0.2, 0.25) is 0 Å². The highest BCUT2D eigenvalue weighted by Crippen LogP contribution is 2.10. The lowest BCUT2D eigenvalue weighted by Gasteiger charge is -2.19. The minimum Gasteiger partial charge on any atom is -0.480 e. The Hall–Kier alpha value is -2.21. The lowest BCUT2D eigenvalue weighted by molar-refractivity contribution is -0.142. The molecule has 0 amide bonds. The molecule has 0 aliphatic carbocycles. The first-order valence-electron chi connectivity index (χ1n) is 6.21. The van der Waals surface area contributed by atoms with Gasteiger partial charge in [0.25, 0.3) is 0 Å². The Kier molecular flexibility index (Phi) is 4.14. The van der Waals surface area contributed by atoms with E-state index < -0.39 is 12.0 Å². The van der Waals surface area contributed by atoms with Gasteiger partial charge in [0.2, 0.25) is 0 Å². The third kappa shape index (κ3) is 3.21. The standard InChI is InChI=1S/C14H16FN3O2/c1-10(14(19)20)17(2)9-12-7-8-18(16-12)13-5-3-11(15)4-6-13/h3-8,10H,9H2,1-2H3,(H,19,20). The van der Waals surface area contributed by atoms with Gasteiger partial charge in [0.15, 0.2) is 0 Å². The Morgan fingerprint density at radius 2 is 2.05 bits per heavy atom. The highest BCUT2D eigenvalue weighted by atomic mass is 19.1. The maximum atomic E-state index is 12.9. The van der Waals surface area contributed by atoms with Crippen LogP contribution in [0, 0.1) is 5.82 Å². The first kappa shape index (κ1) is 14.2. The van der Waals surface area contributed by atoms with Gasteiger partial charge in [0.05, 0.1) is 11.4 Å². The average Bonchev–Trinajstić information content (AvgIpc) is 2.87. The van der Waals surface area contributed by atoms with Gasteiger partial charge in [-0.25, -0.2) is 9.07 Å². The third-order valence-electron chi connectivity index (χ3n) is 3.17. The van der Waals surface area contributed by atoms with Crippen molar-refractivity contribution in [3.63, 3.8) is 0 Å². The summed E-state index contributed by atoms with van der Waals surface area (Å²) in [6.45, 7) is 2.06. The summed E-state index contributed by atoms with van der Waals surface area (Å²) >= 11 is 0. The highest BCUT2D eigenvalue weighted by Gasteiger charge is 2.17. The van der Waals surface area contributed by atoms with E-state index in [2.05, 4.69) is 5.10 Å². The van der Waals surface area contributed by atoms with Crippen LogP contribution in [0.1, 0.15) is 12.6 Å². The minimum atomic E-state index is -0.870. The Morgan fingerprint density at radius 1 is 1.40 bits per heavy atom. The molecule has 0 radical (unpaired) electrons. The fourth-order valence-electron chi connectivity index (χ4n) is 1.76. The predicted octanol–water partition coefficient (Wildman–Crippen LogP) is 1.92. The minimum absolute atomic E-state index is 0.295. The van der Waals surface area contributed by atoms with Gasteiger partial charge in [0.1, 0.15) is 11.9 Å². The van der Waals surface area contributed by atoms with Crippen LogP contribution in [-0.4, -0.2) is 38.8 Å². The molecule has 2 aromatic rings. The second kappa shape index (κ2) is 5.83. The van der Waals surface area contributed by atoms with Crippen LogP contribution < -0.4 is 0 Å². The Morgan fingerprint density at radius 3 is 2.65 bits per heavy atom. The van der Waals surface area contributed by atoms with Gasteiger partial charge in [-0.1, -0.05) is 0 Å². The Balaban J connectivity index is 2.09. The summed E-state index contributed by atoms with van der Waals surface area (Å²) in [7, 11) is 1.73. The third-order valence-corrected chi connectivity index (χ3v) is 3.17. The van der Waals surface area contributed by atoms with Crippen molar-refractivity contribution in [2.45, 2.75) is 19.5 Å². The van der Waals surface area contributed by atoms with Gasteiger partial charge >= 0.3 is 5.97 Å². The van der Waals surface area contributed by atoms with E-state index in [-0.39, 0.29) is 5.82 Å². The van der Waals surface area contributed by atoms with E-state index in [1.807, 2.05) is 6.07 Å². The molecule has 6 heteroatoms. The number of hydrogen-bond acceptors (Lipinski definition) is 3. The van der Waals surface area contributed by atoms with Crippen LogP contribution in [0.5, 0.6) is 0 Å². The maximum Gasteiger partial charge on any atom is 0.320 e. The van der Waals surface area contributed by atoms with Gasteiger partial charge in [-0.15, -0.1) is 0 Å². The van der Waals surface area contributed by atoms with Crippen molar-refractivity contribution in [1.82, 2.24) is 14.7 Å². The summed E-state index contributed by atoms with van der Waals surface area (Å²) in [5.74, 6) is -1.17. The van der Waals surface area contributed by atoms with Crippen LogP contribution in [0.3, 0.4) is 0 Å². The number of carboxylic acids is 1. The normalized spacial score (nSPS) is 12.6. The van der Waals surface area contributed by atoms with Gasteiger partial charge in [-0.2, -0.15) is 5.10 Å². The van der Waals surface area contributed by atoms with E-state index in [9.17, 15) is 9.18 Å². The van der Waals surface area contributed by atoms with E-state index >= 15 is 0 Å². The number of rotatable bonds is 5. The van der Waals surface area contributed by atoms with Crippen LogP contribution in [0.15, 0.2) is 36.5 Å². The molecule has 1 N–H and O–H groups in total. The largest absolute Gasteiger partial charge is 0.480 e. The quantitative estimate of drug-likeness (QED) is 0.907. The van der Waals surface area contributed by atoms with Crippen LogP contribution >= 0.6 is 0 Å². The topological polar surface area (TPSA) is 58.4 Å². The molecule has 0 bridgehead atoms. The van der Waals surface area contributed by atoms with Crippen molar-refractivity contribution in [3.05, 3.63) is 48.0 Å². The van der Waals surface area contributed by atoms with Gasteiger partial charge in [-0.3, -0.25) is 9.69 Å². The second-order valence-electron chi connectivity index (χ2n) is 4.66. The molecule has 1 unspecified atom stereocenters. The number of hydrogen-bond donors (Lipinski definition) is 1. The monoisotopic (exact) mass is 277 g/mol. The van der Waals surface area contributed by atoms with Gasteiger partial charge < -0.3 is 5.11 Å². The predicted molar refractivity (Wildman–Crippen MR) is 72.1 cm³/mol. The lowest BCUT2D eigenvalue weighted by Crippen LogP contribution is -2.35. The molecule has 106 valence electrons. The zero-order valence-corrected chi connectivity index (χ0v) is 11.3. The molecule has 5 nitrogen and oxygen atoms in total. The summed E-state index contributed by atoms with van der Waals surface area (Å²) < 4.78 is 14.5. The van der Waals surface area contributed by atoms with Crippen LogP contribution in [0.4, 0.5) is 4.39 Å². The zero-order chi connectivity index (χ0) is 14.7. The molecule has 1 heterocycles. The first-order chi connectivity index (χ1) is 9.47. The average molecular weight is 277 g/mol. The molecule has 0 aliphatic heterocycles. The summed E-state index contributed by atoms with van der Waals surface area (Å²) in [4.78, 5) is 12.6. The summed E-state index contributed by atoms with van der Waals surface area (Å²) in [5.41, 5.74) is 1.51. The summed E-state index contributed by atoms with van der Waals surface area (Å²) in [6, 6.07) is 7.25. The second-order valence-corrected chi connectivity index (χ2v) is 4.66. The smallest absolute Gasteiger partial charge is 0.320 e. The van der Waals surface area contributed by atoms with Crippen molar-refractivity contribution in [1.29, 1.82) is 0 Å². The molecular formula is C14H16FN3O2. The van der Waals surface area contributed by atoms with Crippen LogP contribution in [0.25, 0.3) is 5.69 Å². The number of nitrogens with zero attached hydrogens (tertiary/aromatic N) is 3. The molecule has 0 saturated heterocycles. The molecule has 1 atom stereocenters. The van der Waals surface area contributed by atoms with Crippen molar-refractivity contribution in [2.75, 3.05) is 7.05 Å². The van der Waals surface area contributed by atoms with Crippen molar-refractivity contribution in [2.24, 2.45) is 0 Å². The molecular weight excluding hydrogens is 261 g/mol. The lowest BCUT2D eigenvalue weighted by atomic mass is 10.3. The maximum absolute atomic E-state index is 12.9. The van der Waals surface area contributed by atoms with Gasteiger partial charge in [-0.05, 0) is 44.3 Å². The summed E-state index contributed by atoms with van der Waals surface area (Å²) in [5, 5.41) is 13.3. The highest BCUT2D eigenvalue weighted by molar-refractivity contribution is 5.72. The number of benzene rings is 1. The molecule has 2 rings (SSSR count). The number of likely N-dealkylation sites (N-methyl/N-ethyl adjacent to an activating group) is 1. The van der Waals surface area contributed by atoms with Crippen molar-refractivity contribution < 1.29 is 14.3 Å². The van der Waals surface area contributed by atoms with E-state index in [0.717, 1.165) is 11.4 Å². The SMILES string of the molecule is CC(C(=O)O)N(C)Cc1ccn(-c2ccc(F)cc2)n1. The molecule has 1 aromatic carbocycles. The molecule has 0 saturated carbocycles. The van der Waals surface area contributed by atoms with E-state index in [1.165, 1.54) is 12.1 Å². The van der Waals surface area contributed by atoms with Gasteiger partial charge in [0, 0.05) is 12.7 Å². The number of aromatic nitrogens is 2. The molecule has 0 aliphatic rings. The zero-order valence-electron chi connectivity index (χ0n) is 11.3. The first-order valence-corrected chi connectivity index (χ1v) is 6.21. The molecule has 20 heavy (non-hydrogen) atoms. The number of aliphatic carboxylic acids is 1. The Bertz CT molecular complexity index is 595. The Labute approximate surface area is 116 Å². The van der Waals surface area contributed by atoms with Crippen molar-refractivity contribution >= 4 is 5.97 Å². The molecule has 0 spiro atoms. The fraction of sp³-hybridized carbons (Fsp3) is 0.286. The van der Waals surface area contributed by atoms with E-state index in [1.54, 1.807) is 41.9 Å². The van der Waals surface area contributed by atoms with Crippen molar-refractivity contribution in [3.8, 4) is 5.69 Å².